The van der Waals surface area contributed by atoms with Gasteiger partial charge in [-0.1, -0.05) is 11.6 Å². The second-order valence-corrected chi connectivity index (χ2v) is 8.47. The quantitative estimate of drug-likeness (QED) is 0.744. The number of hydrogen-bond acceptors (Lipinski definition) is 6. The Morgan fingerprint density at radius 1 is 1.09 bits per heavy atom. The Labute approximate surface area is 188 Å². The van der Waals surface area contributed by atoms with E-state index in [9.17, 15) is 23.1 Å². The Balaban J connectivity index is 1.39. The maximum absolute atomic E-state index is 13.1. The summed E-state index contributed by atoms with van der Waals surface area (Å²) in [5.74, 6) is 0.107. The third-order valence-corrected chi connectivity index (χ3v) is 6.11. The van der Waals surface area contributed by atoms with Gasteiger partial charge in [-0.05, 0) is 31.2 Å². The molecule has 2 atom stereocenters. The zero-order valence-corrected chi connectivity index (χ0v) is 18.1. The molecule has 11 heteroatoms. The van der Waals surface area contributed by atoms with Crippen molar-refractivity contribution < 1.29 is 23.1 Å². The standard InChI is InChI=1S/C21H23ClF3N5O2/c1-13-26-18(21(23,24)25)10-19(27-13)30-11-16(17(31)12-30)28-6-8-29(9-7-28)20(32)14-2-4-15(22)5-3-14/h2-5,10,16-17,31H,6-9,11-12H2,1H3. The Bertz CT molecular complexity index is 980. The fourth-order valence-corrected chi connectivity index (χ4v) is 4.33. The van der Waals surface area contributed by atoms with E-state index in [0.29, 0.717) is 43.3 Å². The number of carbonyl (C=O) groups excluding carboxylic acids is 1. The molecule has 4 rings (SSSR count). The molecule has 1 aromatic carbocycles. The first-order chi connectivity index (χ1) is 15.1. The molecule has 0 bridgehead atoms. The van der Waals surface area contributed by atoms with E-state index >= 15 is 0 Å². The minimum atomic E-state index is -4.56. The van der Waals surface area contributed by atoms with E-state index in [4.69, 9.17) is 11.6 Å². The van der Waals surface area contributed by atoms with E-state index in [0.717, 1.165) is 6.07 Å². The Kier molecular flexibility index (Phi) is 6.28. The minimum Gasteiger partial charge on any atom is -0.390 e. The molecule has 2 aromatic rings. The number of aromatic nitrogens is 2. The van der Waals surface area contributed by atoms with E-state index < -0.39 is 18.0 Å². The number of halogens is 4. The highest BCUT2D eigenvalue weighted by molar-refractivity contribution is 6.30. The van der Waals surface area contributed by atoms with Crippen LogP contribution in [0.5, 0.6) is 0 Å². The molecule has 32 heavy (non-hydrogen) atoms. The monoisotopic (exact) mass is 469 g/mol. The highest BCUT2D eigenvalue weighted by Gasteiger charge is 2.39. The van der Waals surface area contributed by atoms with Crippen LogP contribution in [0.4, 0.5) is 19.0 Å². The summed E-state index contributed by atoms with van der Waals surface area (Å²) in [6.07, 6.45) is -5.30. The zero-order valence-electron chi connectivity index (χ0n) is 17.4. The van der Waals surface area contributed by atoms with Gasteiger partial charge in [0.05, 0.1) is 12.1 Å². The van der Waals surface area contributed by atoms with Gasteiger partial charge in [0.15, 0.2) is 0 Å². The fourth-order valence-electron chi connectivity index (χ4n) is 4.21. The molecule has 7 nitrogen and oxygen atoms in total. The van der Waals surface area contributed by atoms with Crippen molar-refractivity contribution in [3.05, 3.63) is 52.4 Å². The summed E-state index contributed by atoms with van der Waals surface area (Å²) >= 11 is 5.88. The first-order valence-electron chi connectivity index (χ1n) is 10.3. The van der Waals surface area contributed by atoms with Crippen LogP contribution in [0.3, 0.4) is 0 Å². The number of anilines is 1. The third-order valence-electron chi connectivity index (χ3n) is 5.86. The van der Waals surface area contributed by atoms with Crippen LogP contribution < -0.4 is 4.90 Å². The number of rotatable bonds is 3. The van der Waals surface area contributed by atoms with Crippen molar-refractivity contribution in [2.24, 2.45) is 0 Å². The molecule has 2 saturated heterocycles. The summed E-state index contributed by atoms with van der Waals surface area (Å²) < 4.78 is 39.4. The van der Waals surface area contributed by atoms with E-state index in [1.165, 1.54) is 6.92 Å². The van der Waals surface area contributed by atoms with Crippen molar-refractivity contribution in [3.8, 4) is 0 Å². The maximum atomic E-state index is 13.1. The van der Waals surface area contributed by atoms with Gasteiger partial charge in [-0.2, -0.15) is 13.2 Å². The lowest BCUT2D eigenvalue weighted by molar-refractivity contribution is -0.141. The van der Waals surface area contributed by atoms with Crippen molar-refractivity contribution >= 4 is 23.3 Å². The maximum Gasteiger partial charge on any atom is 0.433 e. The SMILES string of the molecule is Cc1nc(N2CC(O)C(N3CCN(C(=O)c4ccc(Cl)cc4)CC3)C2)cc(C(F)(F)F)n1. The van der Waals surface area contributed by atoms with Crippen molar-refractivity contribution in [2.75, 3.05) is 44.2 Å². The molecule has 0 radical (unpaired) electrons. The van der Waals surface area contributed by atoms with Gasteiger partial charge in [0.25, 0.3) is 5.91 Å². The second kappa shape index (κ2) is 8.84. The topological polar surface area (TPSA) is 72.8 Å². The molecule has 1 amide bonds. The van der Waals surface area contributed by atoms with Crippen LogP contribution in [0.2, 0.25) is 5.02 Å². The van der Waals surface area contributed by atoms with Gasteiger partial charge in [-0.3, -0.25) is 9.69 Å². The summed E-state index contributed by atoms with van der Waals surface area (Å²) in [6, 6.07) is 7.39. The van der Waals surface area contributed by atoms with E-state index in [1.807, 2.05) is 0 Å². The molecule has 2 aliphatic heterocycles. The van der Waals surface area contributed by atoms with Crippen molar-refractivity contribution in [1.82, 2.24) is 19.8 Å². The van der Waals surface area contributed by atoms with E-state index in [-0.39, 0.29) is 30.1 Å². The molecule has 1 aromatic heterocycles. The van der Waals surface area contributed by atoms with Gasteiger partial charge in [0.2, 0.25) is 0 Å². The molecule has 0 spiro atoms. The number of aryl methyl sites for hydroxylation is 1. The van der Waals surface area contributed by atoms with Crippen LogP contribution in [0.15, 0.2) is 30.3 Å². The average Bonchev–Trinajstić information content (AvgIpc) is 3.14. The summed E-state index contributed by atoms with van der Waals surface area (Å²) in [4.78, 5) is 25.8. The summed E-state index contributed by atoms with van der Waals surface area (Å²) in [7, 11) is 0. The Morgan fingerprint density at radius 2 is 1.75 bits per heavy atom. The number of benzene rings is 1. The van der Waals surface area contributed by atoms with Crippen molar-refractivity contribution in [2.45, 2.75) is 25.2 Å². The lowest BCUT2D eigenvalue weighted by atomic mass is 10.1. The average molecular weight is 470 g/mol. The number of piperazine rings is 1. The fraction of sp³-hybridized carbons (Fsp3) is 0.476. The number of nitrogens with zero attached hydrogens (tertiary/aromatic N) is 5. The molecule has 1 N–H and O–H groups in total. The molecule has 3 heterocycles. The van der Waals surface area contributed by atoms with Crippen LogP contribution >= 0.6 is 11.6 Å². The first-order valence-corrected chi connectivity index (χ1v) is 10.6. The molecule has 2 fully saturated rings. The number of amides is 1. The number of β-amino-alcohol motifs (C(OH)–C–C–N with tert-alkyl or cyclic N) is 1. The van der Waals surface area contributed by atoms with Crippen LogP contribution in [-0.2, 0) is 6.18 Å². The molecule has 2 unspecified atom stereocenters. The number of alkyl halides is 3. The summed E-state index contributed by atoms with van der Waals surface area (Å²) in [5, 5.41) is 11.2. The van der Waals surface area contributed by atoms with Gasteiger partial charge < -0.3 is 14.9 Å². The molecule has 0 saturated carbocycles. The molecule has 0 aliphatic carbocycles. The minimum absolute atomic E-state index is 0.0297. The predicted octanol–water partition coefficient (Wildman–Crippen LogP) is 2.46. The lowest BCUT2D eigenvalue weighted by Gasteiger charge is -2.38. The number of aliphatic hydroxyl groups excluding tert-OH is 1. The number of hydrogen-bond donors (Lipinski definition) is 1. The molecule has 172 valence electrons. The summed E-state index contributed by atoms with van der Waals surface area (Å²) in [6.45, 7) is 4.06. The van der Waals surface area contributed by atoms with Crippen LogP contribution in [0, 0.1) is 6.92 Å². The van der Waals surface area contributed by atoms with E-state index in [1.54, 1.807) is 34.1 Å². The summed E-state index contributed by atoms with van der Waals surface area (Å²) in [5.41, 5.74) is -0.429. The highest BCUT2D eigenvalue weighted by Crippen LogP contribution is 2.31. The largest absolute Gasteiger partial charge is 0.433 e. The van der Waals surface area contributed by atoms with Crippen molar-refractivity contribution in [1.29, 1.82) is 0 Å². The molecular weight excluding hydrogens is 447 g/mol. The first kappa shape index (κ1) is 22.8. The number of carbonyl (C=O) groups is 1. The zero-order chi connectivity index (χ0) is 23.0. The molecular formula is C21H23ClF3N5O2. The van der Waals surface area contributed by atoms with Gasteiger partial charge in [0.1, 0.15) is 17.3 Å². The van der Waals surface area contributed by atoms with Gasteiger partial charge in [-0.15, -0.1) is 0 Å². The van der Waals surface area contributed by atoms with Gasteiger partial charge in [-0.25, -0.2) is 9.97 Å². The smallest absolute Gasteiger partial charge is 0.390 e. The second-order valence-electron chi connectivity index (χ2n) is 8.03. The Hall–Kier alpha value is -2.43. The Morgan fingerprint density at radius 3 is 2.38 bits per heavy atom. The highest BCUT2D eigenvalue weighted by atomic mass is 35.5. The molecule has 2 aliphatic rings. The normalized spacial score (nSPS) is 22.4. The van der Waals surface area contributed by atoms with Crippen molar-refractivity contribution in [3.63, 3.8) is 0 Å². The van der Waals surface area contributed by atoms with Gasteiger partial charge in [0, 0.05) is 55.9 Å². The lowest BCUT2D eigenvalue weighted by Crippen LogP contribution is -2.54. The van der Waals surface area contributed by atoms with Crippen LogP contribution in [0.1, 0.15) is 21.9 Å². The predicted molar refractivity (Wildman–Crippen MR) is 113 cm³/mol. The number of aliphatic hydroxyl groups is 1. The van der Waals surface area contributed by atoms with Gasteiger partial charge >= 0.3 is 6.18 Å². The van der Waals surface area contributed by atoms with Crippen LogP contribution in [-0.4, -0.2) is 82.2 Å². The van der Waals surface area contributed by atoms with E-state index in [2.05, 4.69) is 14.9 Å². The van der Waals surface area contributed by atoms with Crippen LogP contribution in [0.25, 0.3) is 0 Å². The third kappa shape index (κ3) is 4.82.